The quantitative estimate of drug-likeness (QED) is 0.429. The molecule has 2 aromatic carbocycles. The largest absolute Gasteiger partial charge is 0.493 e. The lowest BCUT2D eigenvalue weighted by atomic mass is 9.97. The molecule has 0 bridgehead atoms. The highest BCUT2D eigenvalue weighted by Crippen LogP contribution is 2.41. The van der Waals surface area contributed by atoms with Gasteiger partial charge in [0.2, 0.25) is 0 Å². The standard InChI is InChI=1S/C25H16N2O6/c1-29-22-13-15(8-9-19(22)31-12-10-26)21-14-17(16-5-2-3-6-18(16)32-21)23-25(28)33-24(27-23)20-7-4-11-30-20/h2-9,11,13-14H,12H2,1H3. The van der Waals surface area contributed by atoms with E-state index in [1.807, 2.05) is 30.3 Å². The molecule has 0 radical (unpaired) electrons. The fourth-order valence-electron chi connectivity index (χ4n) is 3.51. The van der Waals surface area contributed by atoms with Gasteiger partial charge in [0, 0.05) is 16.7 Å². The van der Waals surface area contributed by atoms with Crippen LogP contribution in [0, 0.1) is 11.3 Å². The van der Waals surface area contributed by atoms with Crippen LogP contribution in [0.2, 0.25) is 0 Å². The van der Waals surface area contributed by atoms with Gasteiger partial charge in [-0.2, -0.15) is 5.26 Å². The molecule has 2 aliphatic rings. The van der Waals surface area contributed by atoms with Crippen LogP contribution < -0.4 is 14.2 Å². The number of allylic oxidation sites excluding steroid dienone is 2. The van der Waals surface area contributed by atoms with Crippen LogP contribution in [0.1, 0.15) is 16.9 Å². The molecule has 0 amide bonds. The fourth-order valence-corrected chi connectivity index (χ4v) is 3.51. The van der Waals surface area contributed by atoms with Gasteiger partial charge in [-0.25, -0.2) is 9.79 Å². The van der Waals surface area contributed by atoms with E-state index in [0.717, 1.165) is 0 Å². The Kier molecular flexibility index (Phi) is 5.13. The Morgan fingerprint density at radius 1 is 1.06 bits per heavy atom. The fraction of sp³-hybridized carbons (Fsp3) is 0.0800. The molecule has 162 valence electrons. The second-order valence-electron chi connectivity index (χ2n) is 6.97. The number of carbonyl (C=O) groups excluding carboxylic acids is 1. The maximum atomic E-state index is 12.7. The summed E-state index contributed by atoms with van der Waals surface area (Å²) in [5.41, 5.74) is 2.10. The molecule has 0 aliphatic carbocycles. The van der Waals surface area contributed by atoms with Crippen LogP contribution in [0.3, 0.4) is 0 Å². The third-order valence-electron chi connectivity index (χ3n) is 5.00. The van der Waals surface area contributed by atoms with Crippen molar-refractivity contribution in [2.75, 3.05) is 13.7 Å². The second kappa shape index (κ2) is 8.40. The number of cyclic esters (lactones) is 1. The van der Waals surface area contributed by atoms with Crippen molar-refractivity contribution in [1.29, 1.82) is 5.26 Å². The summed E-state index contributed by atoms with van der Waals surface area (Å²) in [6.45, 7) is -0.101. The lowest BCUT2D eigenvalue weighted by Crippen LogP contribution is -2.08. The molecule has 0 spiro atoms. The number of para-hydroxylation sites is 1. The van der Waals surface area contributed by atoms with Crippen molar-refractivity contribution < 1.29 is 28.2 Å². The van der Waals surface area contributed by atoms with Gasteiger partial charge in [0.25, 0.3) is 5.90 Å². The van der Waals surface area contributed by atoms with E-state index < -0.39 is 5.97 Å². The van der Waals surface area contributed by atoms with Gasteiger partial charge in [0.15, 0.2) is 29.6 Å². The number of nitrogens with zero attached hydrogens (tertiary/aromatic N) is 2. The zero-order chi connectivity index (χ0) is 22.8. The van der Waals surface area contributed by atoms with E-state index in [4.69, 9.17) is 28.6 Å². The van der Waals surface area contributed by atoms with Crippen molar-refractivity contribution in [3.05, 3.63) is 89.5 Å². The van der Waals surface area contributed by atoms with E-state index in [2.05, 4.69) is 4.99 Å². The first-order valence-corrected chi connectivity index (χ1v) is 9.94. The van der Waals surface area contributed by atoms with Gasteiger partial charge in [-0.3, -0.25) is 0 Å². The highest BCUT2D eigenvalue weighted by molar-refractivity contribution is 6.15. The van der Waals surface area contributed by atoms with Crippen molar-refractivity contribution in [3.8, 4) is 23.3 Å². The maximum Gasteiger partial charge on any atom is 0.364 e. The van der Waals surface area contributed by atoms with Gasteiger partial charge in [-0.1, -0.05) is 18.2 Å². The second-order valence-corrected chi connectivity index (χ2v) is 6.97. The van der Waals surface area contributed by atoms with Crippen molar-refractivity contribution in [2.24, 2.45) is 4.99 Å². The Balaban J connectivity index is 1.62. The number of rotatable bonds is 5. The summed E-state index contributed by atoms with van der Waals surface area (Å²) in [5, 5.41) is 8.77. The molecule has 0 unspecified atom stereocenters. The molecule has 8 nitrogen and oxygen atoms in total. The minimum Gasteiger partial charge on any atom is -0.493 e. The van der Waals surface area contributed by atoms with Crippen LogP contribution in [0.4, 0.5) is 0 Å². The molecule has 3 aromatic rings. The number of hydrogen-bond acceptors (Lipinski definition) is 8. The first-order chi connectivity index (χ1) is 16.2. The van der Waals surface area contributed by atoms with Gasteiger partial charge in [-0.15, -0.1) is 0 Å². The molecule has 2 aliphatic heterocycles. The highest BCUT2D eigenvalue weighted by atomic mass is 16.6. The number of furan rings is 1. The summed E-state index contributed by atoms with van der Waals surface area (Å²) in [7, 11) is 1.51. The van der Waals surface area contributed by atoms with Crippen LogP contribution in [-0.2, 0) is 9.53 Å². The number of benzene rings is 2. The van der Waals surface area contributed by atoms with Gasteiger partial charge in [-0.05, 0) is 42.5 Å². The van der Waals surface area contributed by atoms with Crippen LogP contribution in [-0.4, -0.2) is 25.6 Å². The van der Waals surface area contributed by atoms with Crippen molar-refractivity contribution in [2.45, 2.75) is 0 Å². The third-order valence-corrected chi connectivity index (χ3v) is 5.00. The SMILES string of the molecule is COc1cc(C2=CC(=C3N=C(c4ccco4)OC3=O)c3ccccc3O2)ccc1OCC#N. The first-order valence-electron chi connectivity index (χ1n) is 9.94. The molecule has 0 atom stereocenters. The minimum atomic E-state index is -0.582. The van der Waals surface area contributed by atoms with E-state index >= 15 is 0 Å². The minimum absolute atomic E-state index is 0.101. The highest BCUT2D eigenvalue weighted by Gasteiger charge is 2.31. The van der Waals surface area contributed by atoms with Crippen LogP contribution in [0.5, 0.6) is 17.2 Å². The zero-order valence-corrected chi connectivity index (χ0v) is 17.4. The summed E-state index contributed by atoms with van der Waals surface area (Å²) in [4.78, 5) is 17.1. The monoisotopic (exact) mass is 440 g/mol. The smallest absolute Gasteiger partial charge is 0.364 e. The Hall–Kier alpha value is -4.77. The van der Waals surface area contributed by atoms with Gasteiger partial charge >= 0.3 is 5.97 Å². The average Bonchev–Trinajstić information content (AvgIpc) is 3.52. The number of nitriles is 1. The van der Waals surface area contributed by atoms with E-state index in [0.29, 0.717) is 45.5 Å². The van der Waals surface area contributed by atoms with E-state index in [-0.39, 0.29) is 18.2 Å². The van der Waals surface area contributed by atoms with Gasteiger partial charge < -0.3 is 23.4 Å². The Morgan fingerprint density at radius 3 is 2.73 bits per heavy atom. The number of aliphatic imine (C=N–C) groups is 1. The van der Waals surface area contributed by atoms with Crippen molar-refractivity contribution in [1.82, 2.24) is 0 Å². The van der Waals surface area contributed by atoms with E-state index in [1.165, 1.54) is 13.4 Å². The summed E-state index contributed by atoms with van der Waals surface area (Å²) in [6, 6.07) is 17.8. The molecule has 8 heteroatoms. The topological polar surface area (TPSA) is 103 Å². The summed E-state index contributed by atoms with van der Waals surface area (Å²) >= 11 is 0. The van der Waals surface area contributed by atoms with E-state index in [9.17, 15) is 4.79 Å². The molecule has 1 aromatic heterocycles. The van der Waals surface area contributed by atoms with E-state index in [1.54, 1.807) is 36.4 Å². The predicted octanol–water partition coefficient (Wildman–Crippen LogP) is 4.34. The Labute approximate surface area is 188 Å². The Bertz CT molecular complexity index is 1380. The molecule has 0 saturated heterocycles. The molecule has 3 heterocycles. The van der Waals surface area contributed by atoms with Crippen molar-refractivity contribution >= 4 is 23.2 Å². The first kappa shape index (κ1) is 20.2. The summed E-state index contributed by atoms with van der Waals surface area (Å²) in [6.07, 6.45) is 3.22. The summed E-state index contributed by atoms with van der Waals surface area (Å²) in [5.74, 6) is 1.81. The number of fused-ring (bicyclic) bond motifs is 1. The number of ether oxygens (including phenoxy) is 4. The summed E-state index contributed by atoms with van der Waals surface area (Å²) < 4.78 is 27.6. The molecule has 0 saturated carbocycles. The number of methoxy groups -OCH3 is 1. The van der Waals surface area contributed by atoms with Crippen LogP contribution >= 0.6 is 0 Å². The molecule has 33 heavy (non-hydrogen) atoms. The normalized spacial score (nSPS) is 16.7. The third kappa shape index (κ3) is 3.72. The average molecular weight is 440 g/mol. The lowest BCUT2D eigenvalue weighted by Gasteiger charge is -2.21. The molecular formula is C25H16N2O6. The van der Waals surface area contributed by atoms with Crippen molar-refractivity contribution in [3.63, 3.8) is 0 Å². The maximum absolute atomic E-state index is 12.7. The zero-order valence-electron chi connectivity index (χ0n) is 17.4. The Morgan fingerprint density at radius 2 is 1.94 bits per heavy atom. The van der Waals surface area contributed by atoms with Gasteiger partial charge in [0.1, 0.15) is 17.6 Å². The molecule has 0 fully saturated rings. The predicted molar refractivity (Wildman–Crippen MR) is 117 cm³/mol. The number of carbonyl (C=O) groups is 1. The van der Waals surface area contributed by atoms with Gasteiger partial charge in [0.05, 0.1) is 13.4 Å². The molecule has 5 rings (SSSR count). The molecular weight excluding hydrogens is 424 g/mol. The van der Waals surface area contributed by atoms with Crippen LogP contribution in [0.25, 0.3) is 11.3 Å². The molecule has 0 N–H and O–H groups in total. The number of hydrogen-bond donors (Lipinski definition) is 0. The lowest BCUT2D eigenvalue weighted by molar-refractivity contribution is -0.130. The van der Waals surface area contributed by atoms with Crippen LogP contribution in [0.15, 0.2) is 82.0 Å². The number of esters is 1.